The Morgan fingerprint density at radius 3 is 2.62 bits per heavy atom. The molecular formula is C12H25NO2S. The fourth-order valence-electron chi connectivity index (χ4n) is 2.44. The summed E-state index contributed by atoms with van der Waals surface area (Å²) in [5.74, 6) is 0.533. The molecule has 0 aliphatic heterocycles. The van der Waals surface area contributed by atoms with E-state index in [1.54, 1.807) is 6.92 Å². The third-order valence-electron chi connectivity index (χ3n) is 3.49. The highest BCUT2D eigenvalue weighted by molar-refractivity contribution is 7.91. The number of sulfone groups is 1. The molecule has 1 atom stereocenters. The van der Waals surface area contributed by atoms with Gasteiger partial charge < -0.3 is 5.32 Å². The molecule has 4 heteroatoms. The molecule has 0 amide bonds. The van der Waals surface area contributed by atoms with E-state index < -0.39 is 9.84 Å². The first-order valence-electron chi connectivity index (χ1n) is 6.28. The van der Waals surface area contributed by atoms with Gasteiger partial charge in [0, 0.05) is 18.3 Å². The number of hydrogen-bond donors (Lipinski definition) is 1. The first-order valence-corrected chi connectivity index (χ1v) is 8.10. The molecule has 1 N–H and O–H groups in total. The molecule has 96 valence electrons. The lowest BCUT2D eigenvalue weighted by atomic mass is 9.75. The van der Waals surface area contributed by atoms with Crippen LogP contribution in [0.4, 0.5) is 0 Å². The average molecular weight is 247 g/mol. The summed E-state index contributed by atoms with van der Waals surface area (Å²) in [6, 6.07) is 0.510. The van der Waals surface area contributed by atoms with Gasteiger partial charge in [-0.1, -0.05) is 27.2 Å². The van der Waals surface area contributed by atoms with Crippen LogP contribution >= 0.6 is 0 Å². The van der Waals surface area contributed by atoms with Crippen molar-refractivity contribution in [2.24, 2.45) is 5.41 Å². The van der Waals surface area contributed by atoms with Gasteiger partial charge in [-0.05, 0) is 24.7 Å². The van der Waals surface area contributed by atoms with Crippen LogP contribution in [0.1, 0.15) is 46.5 Å². The van der Waals surface area contributed by atoms with Gasteiger partial charge in [-0.2, -0.15) is 0 Å². The number of rotatable bonds is 5. The second-order valence-corrected chi connectivity index (χ2v) is 8.12. The highest BCUT2D eigenvalue weighted by atomic mass is 32.2. The molecule has 1 aliphatic carbocycles. The van der Waals surface area contributed by atoms with E-state index >= 15 is 0 Å². The summed E-state index contributed by atoms with van der Waals surface area (Å²) in [4.78, 5) is 0. The molecule has 1 rings (SSSR count). The van der Waals surface area contributed by atoms with E-state index in [4.69, 9.17) is 0 Å². The average Bonchev–Trinajstić information content (AvgIpc) is 2.16. The van der Waals surface area contributed by atoms with E-state index in [-0.39, 0.29) is 11.5 Å². The largest absolute Gasteiger partial charge is 0.313 e. The van der Waals surface area contributed by atoms with Gasteiger partial charge in [-0.3, -0.25) is 0 Å². The van der Waals surface area contributed by atoms with Crippen LogP contribution in [0.25, 0.3) is 0 Å². The summed E-state index contributed by atoms with van der Waals surface area (Å²) in [7, 11) is -2.81. The number of hydrogen-bond acceptors (Lipinski definition) is 3. The van der Waals surface area contributed by atoms with Crippen molar-refractivity contribution in [1.29, 1.82) is 0 Å². The monoisotopic (exact) mass is 247 g/mol. The van der Waals surface area contributed by atoms with E-state index in [0.717, 1.165) is 0 Å². The Bertz CT molecular complexity index is 309. The van der Waals surface area contributed by atoms with E-state index in [1.165, 1.54) is 25.7 Å². The molecule has 0 radical (unpaired) electrons. The molecule has 0 saturated heterocycles. The molecule has 1 saturated carbocycles. The van der Waals surface area contributed by atoms with Crippen LogP contribution in [-0.4, -0.2) is 32.5 Å². The first kappa shape index (κ1) is 14.0. The maximum atomic E-state index is 11.3. The summed E-state index contributed by atoms with van der Waals surface area (Å²) in [6.45, 7) is 6.91. The minimum absolute atomic E-state index is 0.255. The molecule has 16 heavy (non-hydrogen) atoms. The third kappa shape index (κ3) is 4.83. The van der Waals surface area contributed by atoms with Gasteiger partial charge in [0.05, 0.1) is 5.75 Å². The van der Waals surface area contributed by atoms with Crippen LogP contribution in [0.3, 0.4) is 0 Å². The van der Waals surface area contributed by atoms with Crippen LogP contribution in [0.2, 0.25) is 0 Å². The smallest absolute Gasteiger partial charge is 0.151 e. The Labute approximate surface area is 99.9 Å². The molecule has 1 aliphatic rings. The van der Waals surface area contributed by atoms with E-state index in [1.807, 2.05) is 0 Å². The van der Waals surface area contributed by atoms with Crippen LogP contribution in [-0.2, 0) is 9.84 Å². The molecular weight excluding hydrogens is 222 g/mol. The standard InChI is InChI=1S/C12H25NO2S/c1-4-16(14,15)9-8-13-11-6-5-7-12(2,3)10-11/h11,13H,4-10H2,1-3H3. The Hall–Kier alpha value is -0.0900. The summed E-state index contributed by atoms with van der Waals surface area (Å²) in [5.41, 5.74) is 0.416. The Kier molecular flexibility index (Phi) is 4.80. The summed E-state index contributed by atoms with van der Waals surface area (Å²) >= 11 is 0. The van der Waals surface area contributed by atoms with Crippen molar-refractivity contribution in [2.75, 3.05) is 18.1 Å². The number of nitrogens with one attached hydrogen (secondary N) is 1. The van der Waals surface area contributed by atoms with Crippen molar-refractivity contribution in [3.63, 3.8) is 0 Å². The van der Waals surface area contributed by atoms with Gasteiger partial charge in [0.15, 0.2) is 9.84 Å². The maximum Gasteiger partial charge on any atom is 0.151 e. The second kappa shape index (κ2) is 5.50. The van der Waals surface area contributed by atoms with E-state index in [0.29, 0.717) is 18.0 Å². The fourth-order valence-corrected chi connectivity index (χ4v) is 3.15. The molecule has 1 fully saturated rings. The van der Waals surface area contributed by atoms with Gasteiger partial charge in [0.25, 0.3) is 0 Å². The normalized spacial score (nSPS) is 25.6. The van der Waals surface area contributed by atoms with Crippen molar-refractivity contribution in [3.8, 4) is 0 Å². The minimum atomic E-state index is -2.81. The lowest BCUT2D eigenvalue weighted by Gasteiger charge is -2.35. The lowest BCUT2D eigenvalue weighted by Crippen LogP contribution is -2.39. The zero-order valence-corrected chi connectivity index (χ0v) is 11.6. The van der Waals surface area contributed by atoms with Crippen molar-refractivity contribution in [3.05, 3.63) is 0 Å². The second-order valence-electron chi connectivity index (χ2n) is 5.65. The van der Waals surface area contributed by atoms with Crippen molar-refractivity contribution >= 4 is 9.84 Å². The van der Waals surface area contributed by atoms with Gasteiger partial charge in [0.2, 0.25) is 0 Å². The highest BCUT2D eigenvalue weighted by Crippen LogP contribution is 2.34. The van der Waals surface area contributed by atoms with Crippen LogP contribution in [0.15, 0.2) is 0 Å². The van der Waals surface area contributed by atoms with Crippen LogP contribution < -0.4 is 5.32 Å². The van der Waals surface area contributed by atoms with Gasteiger partial charge in [0.1, 0.15) is 0 Å². The topological polar surface area (TPSA) is 46.2 Å². The predicted octanol–water partition coefficient (Wildman–Crippen LogP) is 1.98. The molecule has 0 spiro atoms. The van der Waals surface area contributed by atoms with Gasteiger partial charge in [-0.25, -0.2) is 8.42 Å². The predicted molar refractivity (Wildman–Crippen MR) is 68.4 cm³/mol. The lowest BCUT2D eigenvalue weighted by molar-refractivity contribution is 0.200. The Morgan fingerprint density at radius 2 is 2.06 bits per heavy atom. The van der Waals surface area contributed by atoms with Gasteiger partial charge >= 0.3 is 0 Å². The molecule has 0 heterocycles. The Balaban J connectivity index is 2.28. The van der Waals surface area contributed by atoms with Crippen molar-refractivity contribution < 1.29 is 8.42 Å². The molecule has 0 aromatic carbocycles. The van der Waals surface area contributed by atoms with Crippen molar-refractivity contribution in [2.45, 2.75) is 52.5 Å². The highest BCUT2D eigenvalue weighted by Gasteiger charge is 2.27. The molecule has 0 aromatic rings. The summed E-state index contributed by atoms with van der Waals surface area (Å²) in [6.07, 6.45) is 4.90. The molecule has 1 unspecified atom stereocenters. The summed E-state index contributed by atoms with van der Waals surface area (Å²) < 4.78 is 22.7. The first-order chi connectivity index (χ1) is 7.35. The third-order valence-corrected chi connectivity index (χ3v) is 5.20. The van der Waals surface area contributed by atoms with Gasteiger partial charge in [-0.15, -0.1) is 0 Å². The maximum absolute atomic E-state index is 11.3. The van der Waals surface area contributed by atoms with E-state index in [9.17, 15) is 8.42 Å². The Morgan fingerprint density at radius 1 is 1.38 bits per heavy atom. The molecule has 3 nitrogen and oxygen atoms in total. The zero-order valence-electron chi connectivity index (χ0n) is 10.8. The SMILES string of the molecule is CCS(=O)(=O)CCNC1CCCC(C)(C)C1. The summed E-state index contributed by atoms with van der Waals surface area (Å²) in [5, 5.41) is 3.39. The molecule has 0 bridgehead atoms. The fraction of sp³-hybridized carbons (Fsp3) is 1.00. The molecule has 0 aromatic heterocycles. The van der Waals surface area contributed by atoms with Crippen LogP contribution in [0.5, 0.6) is 0 Å². The van der Waals surface area contributed by atoms with Crippen molar-refractivity contribution in [1.82, 2.24) is 5.32 Å². The van der Waals surface area contributed by atoms with Crippen LogP contribution in [0, 0.1) is 5.41 Å². The zero-order chi connectivity index (χ0) is 12.2. The quantitative estimate of drug-likeness (QED) is 0.808. The van der Waals surface area contributed by atoms with E-state index in [2.05, 4.69) is 19.2 Å². The minimum Gasteiger partial charge on any atom is -0.313 e.